The van der Waals surface area contributed by atoms with Crippen molar-refractivity contribution in [1.82, 2.24) is 24.6 Å². The molecule has 0 unspecified atom stereocenters. The van der Waals surface area contributed by atoms with Crippen molar-refractivity contribution in [3.8, 4) is 5.88 Å². The first-order chi connectivity index (χ1) is 15.0. The Labute approximate surface area is 178 Å². The van der Waals surface area contributed by atoms with Crippen molar-refractivity contribution in [3.05, 3.63) is 73.8 Å². The number of imidazole rings is 1. The summed E-state index contributed by atoms with van der Waals surface area (Å²) in [6, 6.07) is 6.50. The van der Waals surface area contributed by atoms with Crippen molar-refractivity contribution in [2.75, 3.05) is 5.32 Å². The average Bonchev–Trinajstić information content (AvgIpc) is 3.36. The number of aromatic nitrogens is 5. The highest BCUT2D eigenvalue weighted by Crippen LogP contribution is 2.23. The van der Waals surface area contributed by atoms with E-state index in [1.54, 1.807) is 35.0 Å². The number of anilines is 1. The van der Waals surface area contributed by atoms with E-state index >= 15 is 0 Å². The summed E-state index contributed by atoms with van der Waals surface area (Å²) in [7, 11) is 0. The van der Waals surface area contributed by atoms with Gasteiger partial charge in [-0.05, 0) is 31.1 Å². The van der Waals surface area contributed by atoms with E-state index in [-0.39, 0.29) is 24.2 Å². The highest BCUT2D eigenvalue weighted by atomic mass is 35.5. The van der Waals surface area contributed by atoms with Crippen LogP contribution < -0.4 is 21.7 Å². The molecule has 0 aliphatic heterocycles. The Bertz CT molecular complexity index is 1450. The van der Waals surface area contributed by atoms with Gasteiger partial charge in [0.15, 0.2) is 11.1 Å². The Morgan fingerprint density at radius 2 is 2.23 bits per heavy atom. The molecule has 0 spiro atoms. The van der Waals surface area contributed by atoms with E-state index in [9.17, 15) is 14.3 Å². The minimum atomic E-state index is -0.526. The first kappa shape index (κ1) is 19.3. The molecule has 1 aliphatic rings. The van der Waals surface area contributed by atoms with Gasteiger partial charge in [-0.25, -0.2) is 14.2 Å². The van der Waals surface area contributed by atoms with Gasteiger partial charge < -0.3 is 15.4 Å². The Morgan fingerprint density at radius 1 is 1.39 bits per heavy atom. The zero-order valence-corrected chi connectivity index (χ0v) is 16.8. The second-order valence-electron chi connectivity index (χ2n) is 7.23. The minimum absolute atomic E-state index is 0.136. The van der Waals surface area contributed by atoms with Gasteiger partial charge in [0.25, 0.3) is 0 Å². The monoisotopic (exact) mass is 441 g/mol. The zero-order valence-electron chi connectivity index (χ0n) is 16.1. The first-order valence-electron chi connectivity index (χ1n) is 9.60. The van der Waals surface area contributed by atoms with Crippen molar-refractivity contribution in [1.29, 1.82) is 0 Å². The molecule has 0 bridgehead atoms. The molecule has 0 amide bonds. The van der Waals surface area contributed by atoms with Gasteiger partial charge in [0, 0.05) is 28.4 Å². The van der Waals surface area contributed by atoms with Gasteiger partial charge in [0.1, 0.15) is 17.3 Å². The molecule has 5 rings (SSSR count). The third-order valence-corrected chi connectivity index (χ3v) is 5.24. The molecule has 3 heterocycles. The summed E-state index contributed by atoms with van der Waals surface area (Å²) in [4.78, 5) is 25.4. The number of nitrogens with one attached hydrogen (secondary N) is 3. The highest BCUT2D eigenvalue weighted by molar-refractivity contribution is 6.31. The Balaban J connectivity index is 1.60. The van der Waals surface area contributed by atoms with Crippen LogP contribution in [0.1, 0.15) is 24.1 Å². The van der Waals surface area contributed by atoms with Crippen LogP contribution in [0.25, 0.3) is 11.7 Å². The van der Waals surface area contributed by atoms with Crippen molar-refractivity contribution in [2.24, 2.45) is 4.99 Å². The van der Waals surface area contributed by atoms with Crippen LogP contribution in [0.5, 0.6) is 5.88 Å². The molecule has 3 aromatic heterocycles. The third-order valence-electron chi connectivity index (χ3n) is 4.89. The molecule has 4 N–H and O–H groups in total. The quantitative estimate of drug-likeness (QED) is 0.373. The number of aromatic amines is 2. The van der Waals surface area contributed by atoms with Crippen molar-refractivity contribution >= 4 is 29.1 Å². The standard InChI is InChI=1S/C20H17ClFN7O2/c21-13-2-1-3-14(22)12(13)9-23-16-7-17(25-11-4-5-11)29-18(27-16)10(8-24-29)6-15-19(30)28-20(31)26-15/h1-3,6-8,11,23,30H,4-5,9H2,(H2,26,28,31)/b10-6+,25-17?. The maximum Gasteiger partial charge on any atom is 0.326 e. The van der Waals surface area contributed by atoms with E-state index in [0.717, 1.165) is 12.8 Å². The van der Waals surface area contributed by atoms with Gasteiger partial charge in [0.2, 0.25) is 5.88 Å². The molecule has 31 heavy (non-hydrogen) atoms. The maximum atomic E-state index is 14.1. The minimum Gasteiger partial charge on any atom is -0.493 e. The number of fused-ring (bicyclic) bond motifs is 1. The lowest BCUT2D eigenvalue weighted by atomic mass is 10.2. The molecule has 1 aliphatic carbocycles. The van der Waals surface area contributed by atoms with Crippen molar-refractivity contribution in [2.45, 2.75) is 25.4 Å². The van der Waals surface area contributed by atoms with Crippen LogP contribution in [-0.4, -0.2) is 35.7 Å². The van der Waals surface area contributed by atoms with Crippen LogP contribution in [0.4, 0.5) is 10.2 Å². The van der Waals surface area contributed by atoms with E-state index in [4.69, 9.17) is 11.6 Å². The van der Waals surface area contributed by atoms with E-state index < -0.39 is 11.5 Å². The average molecular weight is 442 g/mol. The largest absolute Gasteiger partial charge is 0.493 e. The second kappa shape index (κ2) is 7.55. The SMILES string of the molecule is O=c1[nH]c(O)c(/C=c2\cnn3c(=NC4CC4)cc(NCc4c(F)cccc4Cl)nc23)[nH]1. The summed E-state index contributed by atoms with van der Waals surface area (Å²) >= 11 is 6.12. The highest BCUT2D eigenvalue weighted by Gasteiger charge is 2.20. The van der Waals surface area contributed by atoms with Gasteiger partial charge in [-0.15, -0.1) is 0 Å². The topological polar surface area (TPSA) is 123 Å². The maximum absolute atomic E-state index is 14.1. The lowest BCUT2D eigenvalue weighted by molar-refractivity contribution is 0.454. The van der Waals surface area contributed by atoms with Crippen LogP contribution in [-0.2, 0) is 6.54 Å². The summed E-state index contributed by atoms with van der Waals surface area (Å²) in [6.45, 7) is 0.136. The predicted molar refractivity (Wildman–Crippen MR) is 112 cm³/mol. The number of halogens is 2. The van der Waals surface area contributed by atoms with E-state index in [1.807, 2.05) is 0 Å². The molecule has 11 heteroatoms. The molecule has 0 atom stereocenters. The molecule has 158 valence electrons. The lowest BCUT2D eigenvalue weighted by Crippen LogP contribution is -2.20. The summed E-state index contributed by atoms with van der Waals surface area (Å²) in [5.41, 5.74) is 1.08. The normalized spacial score (nSPS) is 15.2. The lowest BCUT2D eigenvalue weighted by Gasteiger charge is -2.09. The van der Waals surface area contributed by atoms with Gasteiger partial charge in [-0.1, -0.05) is 17.7 Å². The van der Waals surface area contributed by atoms with Crippen LogP contribution >= 0.6 is 11.6 Å². The molecule has 0 saturated heterocycles. The van der Waals surface area contributed by atoms with Crippen LogP contribution in [0.3, 0.4) is 0 Å². The third kappa shape index (κ3) is 3.89. The summed E-state index contributed by atoms with van der Waals surface area (Å²) in [5, 5.41) is 18.2. The molecule has 1 aromatic carbocycles. The zero-order chi connectivity index (χ0) is 21.5. The molecular weight excluding hydrogens is 425 g/mol. The first-order valence-corrected chi connectivity index (χ1v) is 9.98. The Kier molecular flexibility index (Phi) is 4.70. The predicted octanol–water partition coefficient (Wildman–Crippen LogP) is 1.47. The van der Waals surface area contributed by atoms with Gasteiger partial charge in [0.05, 0.1) is 12.2 Å². The summed E-state index contributed by atoms with van der Waals surface area (Å²) in [5.74, 6) is -0.224. The number of rotatable bonds is 5. The Morgan fingerprint density at radius 3 is 2.94 bits per heavy atom. The van der Waals surface area contributed by atoms with Crippen LogP contribution in [0.2, 0.25) is 5.02 Å². The number of hydrogen-bond donors (Lipinski definition) is 4. The summed E-state index contributed by atoms with van der Waals surface area (Å²) in [6.07, 6.45) is 5.14. The van der Waals surface area contributed by atoms with Crippen molar-refractivity contribution in [3.63, 3.8) is 0 Å². The molecule has 1 fully saturated rings. The number of nitrogens with zero attached hydrogens (tertiary/aromatic N) is 4. The van der Waals surface area contributed by atoms with Gasteiger partial charge in [-0.2, -0.15) is 9.61 Å². The van der Waals surface area contributed by atoms with Crippen LogP contribution in [0, 0.1) is 5.82 Å². The van der Waals surface area contributed by atoms with Gasteiger partial charge in [-0.3, -0.25) is 9.98 Å². The smallest absolute Gasteiger partial charge is 0.326 e. The van der Waals surface area contributed by atoms with E-state index in [1.165, 1.54) is 6.07 Å². The fourth-order valence-electron chi connectivity index (χ4n) is 3.17. The second-order valence-corrected chi connectivity index (χ2v) is 7.64. The van der Waals surface area contributed by atoms with E-state index in [0.29, 0.717) is 32.8 Å². The molecule has 0 radical (unpaired) electrons. The number of benzene rings is 1. The number of aromatic hydroxyl groups is 1. The fraction of sp³-hybridized carbons (Fsp3) is 0.200. The van der Waals surface area contributed by atoms with Crippen molar-refractivity contribution < 1.29 is 9.50 Å². The molecule has 1 saturated carbocycles. The molecule has 4 aromatic rings. The van der Waals surface area contributed by atoms with Crippen LogP contribution in [0.15, 0.2) is 40.2 Å². The number of hydrogen-bond acceptors (Lipinski definition) is 6. The fourth-order valence-corrected chi connectivity index (χ4v) is 3.40. The number of H-pyrrole nitrogens is 2. The van der Waals surface area contributed by atoms with Gasteiger partial charge >= 0.3 is 5.69 Å². The van der Waals surface area contributed by atoms with E-state index in [2.05, 4.69) is 30.4 Å². The molecular formula is C20H17ClFN7O2. The molecule has 9 nitrogen and oxygen atoms in total. The Hall–Kier alpha value is -3.66. The summed E-state index contributed by atoms with van der Waals surface area (Å²) < 4.78 is 15.7.